The summed E-state index contributed by atoms with van der Waals surface area (Å²) in [4.78, 5) is 9.51. The minimum atomic E-state index is 0.632. The highest BCUT2D eigenvalue weighted by molar-refractivity contribution is 6.29. The van der Waals surface area contributed by atoms with Crippen molar-refractivity contribution in [3.05, 3.63) is 163 Å². The molecule has 0 radical (unpaired) electrons. The molecule has 50 heavy (non-hydrogen) atoms. The quantitative estimate of drug-likeness (QED) is 0.175. The molecule has 0 saturated carbocycles. The van der Waals surface area contributed by atoms with Gasteiger partial charge in [-0.3, -0.25) is 9.97 Å². The summed E-state index contributed by atoms with van der Waals surface area (Å²) < 4.78 is 0. The molecule has 236 valence electrons. The van der Waals surface area contributed by atoms with Gasteiger partial charge in [0.1, 0.15) is 11.4 Å². The van der Waals surface area contributed by atoms with Gasteiger partial charge < -0.3 is 0 Å². The minimum absolute atomic E-state index is 0.632. The predicted octanol–water partition coefficient (Wildman–Crippen LogP) is 11.1. The summed E-state index contributed by atoms with van der Waals surface area (Å²) in [5.74, 6) is 0. The van der Waals surface area contributed by atoms with Crippen LogP contribution < -0.4 is 0 Å². The van der Waals surface area contributed by atoms with Crippen LogP contribution in [0.1, 0.15) is 11.1 Å². The predicted molar refractivity (Wildman–Crippen MR) is 205 cm³/mol. The Morgan fingerprint density at radius 3 is 1.70 bits per heavy atom. The van der Waals surface area contributed by atoms with Crippen LogP contribution >= 0.6 is 0 Å². The third-order valence-electron chi connectivity index (χ3n) is 9.80. The van der Waals surface area contributed by atoms with Gasteiger partial charge in [0, 0.05) is 18.0 Å². The van der Waals surface area contributed by atoms with Gasteiger partial charge in [-0.15, -0.1) is 10.2 Å². The van der Waals surface area contributed by atoms with Crippen molar-refractivity contribution in [3.63, 3.8) is 0 Å². The third-order valence-corrected chi connectivity index (χ3v) is 9.80. The second kappa shape index (κ2) is 12.1. The van der Waals surface area contributed by atoms with E-state index in [1.807, 2.05) is 36.4 Å². The zero-order chi connectivity index (χ0) is 33.6. The van der Waals surface area contributed by atoms with E-state index >= 15 is 0 Å². The van der Waals surface area contributed by atoms with Gasteiger partial charge in [-0.25, -0.2) is 0 Å². The number of aryl methyl sites for hydroxylation is 1. The molecule has 0 N–H and O–H groups in total. The van der Waals surface area contributed by atoms with Crippen molar-refractivity contribution < 1.29 is 0 Å². The average Bonchev–Trinajstić information content (AvgIpc) is 3.19. The maximum absolute atomic E-state index is 4.85. The van der Waals surface area contributed by atoms with Crippen molar-refractivity contribution in [3.8, 4) is 56.2 Å². The molecular formula is C45H31N5. The zero-order valence-corrected chi connectivity index (χ0v) is 27.7. The van der Waals surface area contributed by atoms with Crippen molar-refractivity contribution in [1.82, 2.24) is 25.4 Å². The maximum Gasteiger partial charge on any atom is 0.125 e. The molecule has 0 spiro atoms. The number of hydrogen-bond acceptors (Lipinski definition) is 5. The first-order valence-electron chi connectivity index (χ1n) is 16.8. The Morgan fingerprint density at radius 2 is 1.00 bits per heavy atom. The van der Waals surface area contributed by atoms with E-state index < -0.39 is 0 Å². The highest BCUT2D eigenvalue weighted by Crippen LogP contribution is 2.49. The average molecular weight is 642 g/mol. The van der Waals surface area contributed by atoms with E-state index in [0.29, 0.717) is 17.1 Å². The summed E-state index contributed by atoms with van der Waals surface area (Å²) in [5.41, 5.74) is 11.5. The third kappa shape index (κ3) is 4.74. The van der Waals surface area contributed by atoms with Gasteiger partial charge in [0.05, 0.1) is 17.0 Å². The molecule has 5 nitrogen and oxygen atoms in total. The van der Waals surface area contributed by atoms with E-state index in [2.05, 4.69) is 132 Å². The van der Waals surface area contributed by atoms with Crippen LogP contribution in [0.25, 0.3) is 88.5 Å². The van der Waals surface area contributed by atoms with Gasteiger partial charge >= 0.3 is 0 Å². The van der Waals surface area contributed by atoms with Crippen molar-refractivity contribution in [2.45, 2.75) is 13.8 Å². The van der Waals surface area contributed by atoms with Crippen molar-refractivity contribution in [2.24, 2.45) is 0 Å². The van der Waals surface area contributed by atoms with Gasteiger partial charge in [-0.1, -0.05) is 115 Å². The van der Waals surface area contributed by atoms with Gasteiger partial charge in [0.25, 0.3) is 0 Å². The van der Waals surface area contributed by atoms with Crippen LogP contribution in [0.15, 0.2) is 152 Å². The highest BCUT2D eigenvalue weighted by Gasteiger charge is 2.26. The summed E-state index contributed by atoms with van der Waals surface area (Å²) in [5, 5.41) is 21.2. The SMILES string of the molecule is Cc1cc2c3ccccc3c3ccccc3c2c(-c2c(-c3ccccc3)cccc2-c2nnnc(-c3ccccn3)c2-c2ccccn2)c1C. The fourth-order valence-corrected chi connectivity index (χ4v) is 7.43. The number of aromatic nitrogens is 5. The van der Waals surface area contributed by atoms with E-state index in [9.17, 15) is 0 Å². The van der Waals surface area contributed by atoms with E-state index in [1.165, 1.54) is 49.0 Å². The first kappa shape index (κ1) is 29.5. The summed E-state index contributed by atoms with van der Waals surface area (Å²) in [6.45, 7) is 4.47. The van der Waals surface area contributed by atoms with E-state index in [1.54, 1.807) is 12.4 Å². The second-order valence-corrected chi connectivity index (χ2v) is 12.6. The molecule has 9 aromatic rings. The second-order valence-electron chi connectivity index (χ2n) is 12.6. The van der Waals surface area contributed by atoms with Crippen LogP contribution in [-0.4, -0.2) is 25.4 Å². The Kier molecular flexibility index (Phi) is 7.17. The Hall–Kier alpha value is -6.59. The fourth-order valence-electron chi connectivity index (χ4n) is 7.43. The first-order chi connectivity index (χ1) is 24.7. The lowest BCUT2D eigenvalue weighted by Gasteiger charge is -2.23. The molecule has 9 rings (SSSR count). The highest BCUT2D eigenvalue weighted by atomic mass is 15.3. The van der Waals surface area contributed by atoms with Crippen LogP contribution in [0.5, 0.6) is 0 Å². The largest absolute Gasteiger partial charge is 0.256 e. The Bertz CT molecular complexity index is 2710. The molecule has 3 heterocycles. The summed E-state index contributed by atoms with van der Waals surface area (Å²) in [6, 6.07) is 48.8. The molecule has 0 unspecified atom stereocenters. The fraction of sp³-hybridized carbons (Fsp3) is 0.0444. The Balaban J connectivity index is 1.49. The molecule has 0 amide bonds. The molecule has 0 saturated heterocycles. The molecule has 3 aromatic heterocycles. The lowest BCUT2D eigenvalue weighted by Crippen LogP contribution is -2.04. The molecule has 0 atom stereocenters. The minimum Gasteiger partial charge on any atom is -0.256 e. The van der Waals surface area contributed by atoms with E-state index in [0.717, 1.165) is 33.5 Å². The molecule has 0 aliphatic rings. The lowest BCUT2D eigenvalue weighted by molar-refractivity contribution is 0.875. The Labute approximate surface area is 290 Å². The maximum atomic E-state index is 4.85. The monoisotopic (exact) mass is 641 g/mol. The summed E-state index contributed by atoms with van der Waals surface area (Å²) in [7, 11) is 0. The van der Waals surface area contributed by atoms with Gasteiger partial charge in [0.2, 0.25) is 0 Å². The number of benzene rings is 6. The zero-order valence-electron chi connectivity index (χ0n) is 27.7. The topological polar surface area (TPSA) is 64.5 Å². The van der Waals surface area contributed by atoms with Crippen LogP contribution in [-0.2, 0) is 0 Å². The molecule has 0 fully saturated rings. The normalized spacial score (nSPS) is 11.4. The Morgan fingerprint density at radius 1 is 0.420 bits per heavy atom. The standard InChI is InChI=1S/C45H31N5/c1-28-27-37-34-19-7-6-17-32(34)33-18-8-9-20-35(33)42(37)40(29(28)2)41-31(30-15-4-3-5-16-30)21-14-22-36(41)44-43(38-23-10-12-25-46-38)45(49-50-48-44)39-24-11-13-26-47-39/h3-27H,1-2H3. The van der Waals surface area contributed by atoms with Gasteiger partial charge in [0.15, 0.2) is 0 Å². The molecule has 6 aromatic carbocycles. The summed E-state index contributed by atoms with van der Waals surface area (Å²) >= 11 is 0. The first-order valence-corrected chi connectivity index (χ1v) is 16.8. The number of fused-ring (bicyclic) bond motifs is 6. The number of pyridine rings is 2. The molecule has 5 heteroatoms. The lowest BCUT2D eigenvalue weighted by atomic mass is 9.80. The number of nitrogens with zero attached hydrogens (tertiary/aromatic N) is 5. The molecule has 0 aliphatic carbocycles. The van der Waals surface area contributed by atoms with E-state index in [-0.39, 0.29) is 0 Å². The van der Waals surface area contributed by atoms with Crippen LogP contribution in [0.2, 0.25) is 0 Å². The number of hydrogen-bond donors (Lipinski definition) is 0. The van der Waals surface area contributed by atoms with Gasteiger partial charge in [-0.05, 0) is 109 Å². The van der Waals surface area contributed by atoms with Crippen LogP contribution in [0.3, 0.4) is 0 Å². The van der Waals surface area contributed by atoms with Crippen LogP contribution in [0, 0.1) is 13.8 Å². The summed E-state index contributed by atoms with van der Waals surface area (Å²) in [6.07, 6.45) is 3.58. The van der Waals surface area contributed by atoms with Crippen LogP contribution in [0.4, 0.5) is 0 Å². The molecular weight excluding hydrogens is 611 g/mol. The van der Waals surface area contributed by atoms with Gasteiger partial charge in [-0.2, -0.15) is 0 Å². The smallest absolute Gasteiger partial charge is 0.125 e. The van der Waals surface area contributed by atoms with Crippen molar-refractivity contribution >= 4 is 32.3 Å². The molecule has 0 bridgehead atoms. The number of rotatable bonds is 5. The van der Waals surface area contributed by atoms with Crippen molar-refractivity contribution in [2.75, 3.05) is 0 Å². The van der Waals surface area contributed by atoms with Crippen molar-refractivity contribution in [1.29, 1.82) is 0 Å². The molecule has 0 aliphatic heterocycles. The van der Waals surface area contributed by atoms with E-state index in [4.69, 9.17) is 10.1 Å².